The van der Waals surface area contributed by atoms with Crippen LogP contribution in [0.25, 0.3) is 11.3 Å². The maximum Gasteiger partial charge on any atom is 0.307 e. The lowest BCUT2D eigenvalue weighted by atomic mass is 10.1. The molecule has 1 atom stereocenters. The van der Waals surface area contributed by atoms with E-state index in [4.69, 9.17) is 9.52 Å². The first-order valence-corrected chi connectivity index (χ1v) is 7.13. The maximum absolute atomic E-state index is 13.1. The third-order valence-electron chi connectivity index (χ3n) is 3.55. The van der Waals surface area contributed by atoms with Crippen LogP contribution in [-0.2, 0) is 11.3 Å². The summed E-state index contributed by atoms with van der Waals surface area (Å²) in [6.45, 7) is 4.48. The summed E-state index contributed by atoms with van der Waals surface area (Å²) < 4.78 is 18.9. The van der Waals surface area contributed by atoms with Crippen LogP contribution in [0, 0.1) is 18.7 Å². The number of carbonyl (C=O) groups is 1. The summed E-state index contributed by atoms with van der Waals surface area (Å²) in [4.78, 5) is 12.8. The molecule has 0 aliphatic carbocycles. The molecule has 0 saturated carbocycles. The van der Waals surface area contributed by atoms with Gasteiger partial charge in [0.15, 0.2) is 0 Å². The standard InChI is InChI=1S/C17H20FNO3/c1-11-8-13(18)4-6-15(11)16-7-5-14(22-16)10-19(3)9-12(2)17(20)21/h4-8,12H,9-10H2,1-3H3,(H,20,21). The highest BCUT2D eigenvalue weighted by molar-refractivity contribution is 5.69. The van der Waals surface area contributed by atoms with Gasteiger partial charge in [-0.05, 0) is 49.9 Å². The van der Waals surface area contributed by atoms with E-state index < -0.39 is 11.9 Å². The molecule has 1 unspecified atom stereocenters. The molecular formula is C17H20FNO3. The second-order valence-corrected chi connectivity index (χ2v) is 5.66. The molecule has 0 bridgehead atoms. The topological polar surface area (TPSA) is 53.7 Å². The Kier molecular flexibility index (Phi) is 4.98. The van der Waals surface area contributed by atoms with Gasteiger partial charge in [-0.15, -0.1) is 0 Å². The van der Waals surface area contributed by atoms with Crippen LogP contribution >= 0.6 is 0 Å². The third kappa shape index (κ3) is 3.95. The Balaban J connectivity index is 2.07. The molecule has 0 aliphatic heterocycles. The highest BCUT2D eigenvalue weighted by Crippen LogP contribution is 2.26. The molecule has 0 aliphatic rings. The van der Waals surface area contributed by atoms with Gasteiger partial charge in [0, 0.05) is 12.1 Å². The molecule has 0 fully saturated rings. The van der Waals surface area contributed by atoms with Crippen molar-refractivity contribution in [1.82, 2.24) is 4.90 Å². The Labute approximate surface area is 129 Å². The minimum Gasteiger partial charge on any atom is -0.481 e. The van der Waals surface area contributed by atoms with Crippen molar-refractivity contribution in [2.45, 2.75) is 20.4 Å². The minimum absolute atomic E-state index is 0.268. The van der Waals surface area contributed by atoms with Crippen LogP contribution in [0.15, 0.2) is 34.7 Å². The van der Waals surface area contributed by atoms with Crippen LogP contribution in [0.5, 0.6) is 0 Å². The van der Waals surface area contributed by atoms with E-state index in [1.807, 2.05) is 31.0 Å². The molecule has 1 aromatic heterocycles. The lowest BCUT2D eigenvalue weighted by molar-refractivity contribution is -0.141. The van der Waals surface area contributed by atoms with Gasteiger partial charge in [-0.2, -0.15) is 0 Å². The predicted molar refractivity (Wildman–Crippen MR) is 82.0 cm³/mol. The first-order chi connectivity index (χ1) is 10.4. The molecule has 2 aromatic rings. The number of nitrogens with zero attached hydrogens (tertiary/aromatic N) is 1. The van der Waals surface area contributed by atoms with Crippen LogP contribution < -0.4 is 0 Å². The van der Waals surface area contributed by atoms with Crippen molar-refractivity contribution in [2.24, 2.45) is 5.92 Å². The number of rotatable bonds is 6. The molecule has 2 rings (SSSR count). The number of aliphatic carboxylic acids is 1. The Morgan fingerprint density at radius 2 is 2.09 bits per heavy atom. The molecule has 4 nitrogen and oxygen atoms in total. The van der Waals surface area contributed by atoms with Crippen molar-refractivity contribution >= 4 is 5.97 Å². The number of hydrogen-bond acceptors (Lipinski definition) is 3. The van der Waals surface area contributed by atoms with Crippen molar-refractivity contribution in [3.8, 4) is 11.3 Å². The third-order valence-corrected chi connectivity index (χ3v) is 3.55. The lowest BCUT2D eigenvalue weighted by Gasteiger charge is -2.17. The fraction of sp³-hybridized carbons (Fsp3) is 0.353. The van der Waals surface area contributed by atoms with Crippen molar-refractivity contribution in [3.05, 3.63) is 47.5 Å². The smallest absolute Gasteiger partial charge is 0.307 e. The van der Waals surface area contributed by atoms with Gasteiger partial charge in [-0.3, -0.25) is 9.69 Å². The fourth-order valence-corrected chi connectivity index (χ4v) is 2.39. The zero-order valence-electron chi connectivity index (χ0n) is 13.0. The molecule has 0 saturated heterocycles. The normalized spacial score (nSPS) is 12.6. The molecule has 0 amide bonds. The van der Waals surface area contributed by atoms with Gasteiger partial charge in [0.2, 0.25) is 0 Å². The second-order valence-electron chi connectivity index (χ2n) is 5.66. The molecule has 1 heterocycles. The van der Waals surface area contributed by atoms with E-state index in [1.54, 1.807) is 13.0 Å². The first-order valence-electron chi connectivity index (χ1n) is 7.13. The van der Waals surface area contributed by atoms with Gasteiger partial charge in [0.05, 0.1) is 12.5 Å². The Morgan fingerprint density at radius 1 is 1.36 bits per heavy atom. The van der Waals surface area contributed by atoms with Crippen LogP contribution in [0.2, 0.25) is 0 Å². The lowest BCUT2D eigenvalue weighted by Crippen LogP contribution is -2.28. The molecule has 118 valence electrons. The average Bonchev–Trinajstić information content (AvgIpc) is 2.86. The van der Waals surface area contributed by atoms with E-state index >= 15 is 0 Å². The van der Waals surface area contributed by atoms with E-state index in [1.165, 1.54) is 12.1 Å². The van der Waals surface area contributed by atoms with E-state index in [0.29, 0.717) is 18.8 Å². The van der Waals surface area contributed by atoms with Crippen molar-refractivity contribution in [3.63, 3.8) is 0 Å². The molecule has 1 aromatic carbocycles. The summed E-state index contributed by atoms with van der Waals surface area (Å²) in [6, 6.07) is 8.29. The number of hydrogen-bond donors (Lipinski definition) is 1. The van der Waals surface area contributed by atoms with Crippen LogP contribution in [0.1, 0.15) is 18.2 Å². The van der Waals surface area contributed by atoms with E-state index in [9.17, 15) is 9.18 Å². The molecular weight excluding hydrogens is 285 g/mol. The van der Waals surface area contributed by atoms with Gasteiger partial charge in [0.1, 0.15) is 17.3 Å². The number of carboxylic acids is 1. The first kappa shape index (κ1) is 16.2. The highest BCUT2D eigenvalue weighted by atomic mass is 19.1. The van der Waals surface area contributed by atoms with Crippen molar-refractivity contribution < 1.29 is 18.7 Å². The van der Waals surface area contributed by atoms with Crippen LogP contribution in [0.3, 0.4) is 0 Å². The Bertz CT molecular complexity index is 666. The highest BCUT2D eigenvalue weighted by Gasteiger charge is 2.15. The summed E-state index contributed by atoms with van der Waals surface area (Å²) in [5.74, 6) is -0.0749. The van der Waals surface area contributed by atoms with Gasteiger partial charge in [-0.25, -0.2) is 4.39 Å². The molecule has 1 N–H and O–H groups in total. The summed E-state index contributed by atoms with van der Waals surface area (Å²) in [5, 5.41) is 8.92. The number of furan rings is 1. The Morgan fingerprint density at radius 3 is 2.73 bits per heavy atom. The zero-order valence-corrected chi connectivity index (χ0v) is 13.0. The van der Waals surface area contributed by atoms with E-state index in [0.717, 1.165) is 16.9 Å². The largest absolute Gasteiger partial charge is 0.481 e. The SMILES string of the molecule is Cc1cc(F)ccc1-c1ccc(CN(C)CC(C)C(=O)O)o1. The maximum atomic E-state index is 13.1. The van der Waals surface area contributed by atoms with Crippen LogP contribution in [0.4, 0.5) is 4.39 Å². The minimum atomic E-state index is -0.811. The molecule has 0 spiro atoms. The van der Waals surface area contributed by atoms with E-state index in [-0.39, 0.29) is 5.82 Å². The summed E-state index contributed by atoms with van der Waals surface area (Å²) in [5.41, 5.74) is 1.67. The number of aryl methyl sites for hydroxylation is 1. The summed E-state index contributed by atoms with van der Waals surface area (Å²) in [6.07, 6.45) is 0. The molecule has 5 heteroatoms. The van der Waals surface area contributed by atoms with Crippen molar-refractivity contribution in [1.29, 1.82) is 0 Å². The number of carboxylic acid groups (broad SMARTS) is 1. The fourth-order valence-electron chi connectivity index (χ4n) is 2.39. The van der Waals surface area contributed by atoms with Crippen molar-refractivity contribution in [2.75, 3.05) is 13.6 Å². The Hall–Kier alpha value is -2.14. The number of halogens is 1. The molecule has 22 heavy (non-hydrogen) atoms. The van der Waals surface area contributed by atoms with Gasteiger partial charge in [-0.1, -0.05) is 6.92 Å². The predicted octanol–water partition coefficient (Wildman–Crippen LogP) is 3.55. The zero-order chi connectivity index (χ0) is 16.3. The van der Waals surface area contributed by atoms with E-state index in [2.05, 4.69) is 0 Å². The summed E-state index contributed by atoms with van der Waals surface area (Å²) in [7, 11) is 1.85. The second kappa shape index (κ2) is 6.75. The average molecular weight is 305 g/mol. The monoisotopic (exact) mass is 305 g/mol. The summed E-state index contributed by atoms with van der Waals surface area (Å²) >= 11 is 0. The van der Waals surface area contributed by atoms with Gasteiger partial charge in [0.25, 0.3) is 0 Å². The van der Waals surface area contributed by atoms with Gasteiger partial charge >= 0.3 is 5.97 Å². The van der Waals surface area contributed by atoms with Gasteiger partial charge < -0.3 is 9.52 Å². The van der Waals surface area contributed by atoms with Crippen LogP contribution in [-0.4, -0.2) is 29.6 Å². The number of benzene rings is 1. The quantitative estimate of drug-likeness (QED) is 0.887. The molecule has 0 radical (unpaired) electrons.